The lowest BCUT2D eigenvalue weighted by atomic mass is 10.1. The maximum absolute atomic E-state index is 13.8. The van der Waals surface area contributed by atoms with Gasteiger partial charge in [-0.25, -0.2) is 17.5 Å². The van der Waals surface area contributed by atoms with Crippen LogP contribution in [0.5, 0.6) is 0 Å². The average molecular weight is 381 g/mol. The Morgan fingerprint density at radius 3 is 2.56 bits per heavy atom. The number of aromatic nitrogens is 2. The van der Waals surface area contributed by atoms with Crippen LogP contribution in [0.3, 0.4) is 0 Å². The molecule has 0 unspecified atom stereocenters. The molecule has 0 amide bonds. The van der Waals surface area contributed by atoms with E-state index in [1.807, 2.05) is 0 Å². The summed E-state index contributed by atoms with van der Waals surface area (Å²) in [4.78, 5) is 28.0. The van der Waals surface area contributed by atoms with Crippen LogP contribution < -0.4 is 5.69 Å². The Hall–Kier alpha value is -2.38. The molecule has 0 saturated heterocycles. The van der Waals surface area contributed by atoms with E-state index in [1.54, 1.807) is 12.1 Å². The lowest BCUT2D eigenvalue weighted by Gasteiger charge is -2.03. The second-order valence-electron chi connectivity index (χ2n) is 5.24. The SMILES string of the molecule is O=C(Cc1nc(=O)n(Cc2ccc(F)cc2)s1)c1c(F)cccc1Cl. The van der Waals surface area contributed by atoms with Crippen LogP contribution in [0.1, 0.15) is 20.9 Å². The Bertz CT molecular complexity index is 963. The van der Waals surface area contributed by atoms with Gasteiger partial charge in [0.2, 0.25) is 0 Å². The molecule has 8 heteroatoms. The van der Waals surface area contributed by atoms with Crippen molar-refractivity contribution >= 4 is 28.9 Å². The molecule has 0 aliphatic rings. The number of hydrogen-bond acceptors (Lipinski definition) is 4. The van der Waals surface area contributed by atoms with Gasteiger partial charge in [-0.3, -0.25) is 4.79 Å². The summed E-state index contributed by atoms with van der Waals surface area (Å²) in [6, 6.07) is 9.70. The zero-order valence-electron chi connectivity index (χ0n) is 12.7. The van der Waals surface area contributed by atoms with Crippen molar-refractivity contribution in [2.75, 3.05) is 0 Å². The quantitative estimate of drug-likeness (QED) is 0.634. The molecular weight excluding hydrogens is 370 g/mol. The first kappa shape index (κ1) is 17.4. The number of hydrogen-bond donors (Lipinski definition) is 0. The van der Waals surface area contributed by atoms with E-state index >= 15 is 0 Å². The van der Waals surface area contributed by atoms with Gasteiger partial charge in [-0.1, -0.05) is 29.8 Å². The van der Waals surface area contributed by atoms with Crippen LogP contribution in [0.2, 0.25) is 5.02 Å². The van der Waals surface area contributed by atoms with E-state index in [0.29, 0.717) is 0 Å². The Balaban J connectivity index is 1.79. The minimum atomic E-state index is -0.712. The molecule has 25 heavy (non-hydrogen) atoms. The molecule has 2 aromatic carbocycles. The number of Topliss-reactive ketones (excluding diaryl/α,β-unsaturated/α-hetero) is 1. The average Bonchev–Trinajstić information content (AvgIpc) is 2.88. The van der Waals surface area contributed by atoms with E-state index in [4.69, 9.17) is 11.6 Å². The first-order valence-electron chi connectivity index (χ1n) is 7.22. The predicted octanol–water partition coefficient (Wildman–Crippen LogP) is 3.71. The van der Waals surface area contributed by atoms with E-state index in [1.165, 1.54) is 28.2 Å². The van der Waals surface area contributed by atoms with Gasteiger partial charge in [0, 0.05) is 0 Å². The number of benzene rings is 2. The Morgan fingerprint density at radius 1 is 1.16 bits per heavy atom. The van der Waals surface area contributed by atoms with E-state index in [9.17, 15) is 18.4 Å². The van der Waals surface area contributed by atoms with Crippen molar-refractivity contribution in [1.29, 1.82) is 0 Å². The van der Waals surface area contributed by atoms with Crippen molar-refractivity contribution in [3.63, 3.8) is 0 Å². The fraction of sp³-hybridized carbons (Fsp3) is 0.118. The molecule has 0 spiro atoms. The number of halogens is 3. The predicted molar refractivity (Wildman–Crippen MR) is 91.3 cm³/mol. The topological polar surface area (TPSA) is 52.0 Å². The van der Waals surface area contributed by atoms with Crippen LogP contribution in [0, 0.1) is 11.6 Å². The van der Waals surface area contributed by atoms with Gasteiger partial charge in [-0.05, 0) is 41.4 Å². The number of carbonyl (C=O) groups excluding carboxylic acids is 1. The van der Waals surface area contributed by atoms with Gasteiger partial charge in [-0.2, -0.15) is 4.98 Å². The Morgan fingerprint density at radius 2 is 1.88 bits per heavy atom. The van der Waals surface area contributed by atoms with Crippen LogP contribution in [-0.2, 0) is 13.0 Å². The van der Waals surface area contributed by atoms with Gasteiger partial charge < -0.3 is 0 Å². The highest BCUT2D eigenvalue weighted by Gasteiger charge is 2.18. The van der Waals surface area contributed by atoms with Crippen molar-refractivity contribution in [3.05, 3.63) is 85.7 Å². The van der Waals surface area contributed by atoms with E-state index < -0.39 is 17.3 Å². The van der Waals surface area contributed by atoms with Crippen molar-refractivity contribution < 1.29 is 13.6 Å². The summed E-state index contributed by atoms with van der Waals surface area (Å²) < 4.78 is 28.1. The number of carbonyl (C=O) groups is 1. The first-order chi connectivity index (χ1) is 11.9. The molecule has 0 atom stereocenters. The fourth-order valence-corrected chi connectivity index (χ4v) is 3.44. The molecule has 0 N–H and O–H groups in total. The molecule has 0 saturated carbocycles. The zero-order chi connectivity index (χ0) is 18.0. The minimum absolute atomic E-state index is 0.0168. The van der Waals surface area contributed by atoms with Crippen LogP contribution in [0.15, 0.2) is 47.3 Å². The highest BCUT2D eigenvalue weighted by molar-refractivity contribution is 7.06. The van der Waals surface area contributed by atoms with Crippen LogP contribution in [-0.4, -0.2) is 14.7 Å². The zero-order valence-corrected chi connectivity index (χ0v) is 14.3. The first-order valence-corrected chi connectivity index (χ1v) is 8.38. The van der Waals surface area contributed by atoms with Crippen molar-refractivity contribution in [2.24, 2.45) is 0 Å². The van der Waals surface area contributed by atoms with E-state index in [2.05, 4.69) is 4.98 Å². The van der Waals surface area contributed by atoms with Gasteiger partial charge in [-0.15, -0.1) is 0 Å². The summed E-state index contributed by atoms with van der Waals surface area (Å²) in [5, 5.41) is 0.277. The smallest absolute Gasteiger partial charge is 0.294 e. The number of nitrogens with zero attached hydrogens (tertiary/aromatic N) is 2. The molecule has 0 bridgehead atoms. The Kier molecular flexibility index (Phi) is 5.06. The highest BCUT2D eigenvalue weighted by Crippen LogP contribution is 2.21. The summed E-state index contributed by atoms with van der Waals surface area (Å²) in [6.07, 6.45) is -0.225. The maximum atomic E-state index is 13.8. The lowest BCUT2D eigenvalue weighted by molar-refractivity contribution is 0.0989. The molecule has 3 rings (SSSR count). The molecule has 128 valence electrons. The van der Waals surface area contributed by atoms with Crippen molar-refractivity contribution in [1.82, 2.24) is 8.94 Å². The summed E-state index contributed by atoms with van der Waals surface area (Å²) in [5.41, 5.74) is -0.00386. The Labute approximate surface area is 150 Å². The second kappa shape index (κ2) is 7.25. The van der Waals surface area contributed by atoms with Gasteiger partial charge in [0.15, 0.2) is 5.78 Å². The summed E-state index contributed by atoms with van der Waals surface area (Å²) in [5.74, 6) is -1.63. The molecule has 0 radical (unpaired) electrons. The molecule has 1 heterocycles. The lowest BCUT2D eigenvalue weighted by Crippen LogP contribution is -2.16. The van der Waals surface area contributed by atoms with Crippen molar-refractivity contribution in [3.8, 4) is 0 Å². The fourth-order valence-electron chi connectivity index (χ4n) is 2.27. The normalized spacial score (nSPS) is 10.8. The standard InChI is InChI=1S/C17H11ClF2N2O2S/c18-12-2-1-3-13(20)16(12)14(23)8-15-21-17(24)22(25-15)9-10-4-6-11(19)7-5-10/h1-7H,8-9H2. The largest absolute Gasteiger partial charge is 0.358 e. The third-order valence-corrected chi connectivity index (χ3v) is 4.71. The monoisotopic (exact) mass is 380 g/mol. The van der Waals surface area contributed by atoms with E-state index in [-0.39, 0.29) is 34.4 Å². The molecule has 0 aliphatic heterocycles. The molecule has 0 aliphatic carbocycles. The van der Waals surface area contributed by atoms with Crippen molar-refractivity contribution in [2.45, 2.75) is 13.0 Å². The van der Waals surface area contributed by atoms with Crippen LogP contribution in [0.25, 0.3) is 0 Å². The van der Waals surface area contributed by atoms with Crippen LogP contribution >= 0.6 is 23.1 Å². The maximum Gasteiger partial charge on any atom is 0.358 e. The molecular formula is C17H11ClF2N2O2S. The highest BCUT2D eigenvalue weighted by atomic mass is 35.5. The summed E-state index contributed by atoms with van der Waals surface area (Å²) in [6.45, 7) is 0.214. The van der Waals surface area contributed by atoms with Crippen LogP contribution in [0.4, 0.5) is 8.78 Å². The summed E-state index contributed by atoms with van der Waals surface area (Å²) >= 11 is 6.88. The van der Waals surface area contributed by atoms with Gasteiger partial charge in [0.05, 0.1) is 23.6 Å². The number of rotatable bonds is 5. The van der Waals surface area contributed by atoms with E-state index in [0.717, 1.165) is 23.2 Å². The molecule has 3 aromatic rings. The third kappa shape index (κ3) is 4.00. The number of ketones is 1. The molecule has 0 fully saturated rings. The molecule has 1 aromatic heterocycles. The van der Waals surface area contributed by atoms with Gasteiger partial charge in [0.1, 0.15) is 16.6 Å². The molecule has 4 nitrogen and oxygen atoms in total. The minimum Gasteiger partial charge on any atom is -0.294 e. The second-order valence-corrected chi connectivity index (χ2v) is 6.74. The summed E-state index contributed by atoms with van der Waals surface area (Å²) in [7, 11) is 0. The van der Waals surface area contributed by atoms with Gasteiger partial charge >= 0.3 is 5.69 Å². The van der Waals surface area contributed by atoms with Gasteiger partial charge in [0.25, 0.3) is 0 Å². The third-order valence-electron chi connectivity index (χ3n) is 3.44.